The van der Waals surface area contributed by atoms with Crippen LogP contribution in [-0.4, -0.2) is 11.2 Å². The first-order chi connectivity index (χ1) is 3.93. The molecule has 0 N–H and O–H groups in total. The van der Waals surface area contributed by atoms with Crippen molar-refractivity contribution in [2.75, 3.05) is 0 Å². The third-order valence-electron chi connectivity index (χ3n) is 0.584. The van der Waals surface area contributed by atoms with Gasteiger partial charge in [-0.1, -0.05) is 5.16 Å². The van der Waals surface area contributed by atoms with Crippen molar-refractivity contribution < 1.29 is 9.32 Å². The van der Waals surface area contributed by atoms with Gasteiger partial charge in [0.15, 0.2) is 0 Å². The van der Waals surface area contributed by atoms with E-state index in [4.69, 9.17) is 0 Å². The van der Waals surface area contributed by atoms with Crippen LogP contribution in [0, 0.1) is 0 Å². The van der Waals surface area contributed by atoms with E-state index < -0.39 is 0 Å². The van der Waals surface area contributed by atoms with Gasteiger partial charge in [-0.3, -0.25) is 0 Å². The van der Waals surface area contributed by atoms with Crippen molar-refractivity contribution in [3.05, 3.63) is 12.3 Å². The van der Waals surface area contributed by atoms with Crippen LogP contribution >= 0.6 is 0 Å². The first-order valence-corrected chi connectivity index (χ1v) is 1.92. The minimum absolute atomic E-state index is 0.250. The molecule has 0 aliphatic rings. The highest BCUT2D eigenvalue weighted by Crippen LogP contribution is 2.02. The summed E-state index contributed by atoms with van der Waals surface area (Å²) in [7, 11) is 0. The van der Waals surface area contributed by atoms with Crippen LogP contribution in [0.1, 0.15) is 0 Å². The number of aliphatic imine (C=N–C) groups is 1. The van der Waals surface area contributed by atoms with Crippen molar-refractivity contribution in [1.29, 1.82) is 0 Å². The number of rotatable bonds is 1. The summed E-state index contributed by atoms with van der Waals surface area (Å²) in [6.45, 7) is 0. The van der Waals surface area contributed by atoms with Gasteiger partial charge in [-0.05, 0) is 0 Å². The van der Waals surface area contributed by atoms with Crippen molar-refractivity contribution in [2.45, 2.75) is 0 Å². The van der Waals surface area contributed by atoms with Gasteiger partial charge in [0.2, 0.25) is 11.9 Å². The highest BCUT2D eigenvalue weighted by molar-refractivity contribution is 5.42. The van der Waals surface area contributed by atoms with E-state index in [1.54, 1.807) is 0 Å². The van der Waals surface area contributed by atoms with Gasteiger partial charge in [0.05, 0.1) is 0 Å². The summed E-state index contributed by atoms with van der Waals surface area (Å²) < 4.78 is 4.34. The number of aromatic nitrogens is 1. The Kier molecular flexibility index (Phi) is 1.21. The average molecular weight is 110 g/mol. The number of nitrogens with zero attached hydrogens (tertiary/aromatic N) is 2. The summed E-state index contributed by atoms with van der Waals surface area (Å²) >= 11 is 0. The van der Waals surface area contributed by atoms with E-state index >= 15 is 0 Å². The van der Waals surface area contributed by atoms with Crippen molar-refractivity contribution in [3.8, 4) is 0 Å². The molecule has 0 saturated heterocycles. The molecule has 0 fully saturated rings. The zero-order chi connectivity index (χ0) is 5.82. The fraction of sp³-hybridized carbons (Fsp3) is 0. The summed E-state index contributed by atoms with van der Waals surface area (Å²) in [5.41, 5.74) is 0. The number of hydrogen-bond donors (Lipinski definition) is 0. The van der Waals surface area contributed by atoms with Crippen LogP contribution in [0.25, 0.3) is 0 Å². The molecule has 1 aromatic heterocycles. The quantitative estimate of drug-likeness (QED) is 0.393. The topological polar surface area (TPSA) is 55.5 Å². The second kappa shape index (κ2) is 2.04. The van der Waals surface area contributed by atoms with Gasteiger partial charge in [-0.2, -0.15) is 0 Å². The molecular weight excluding hydrogens is 108 g/mol. The molecule has 0 aromatic carbocycles. The Morgan fingerprint density at radius 3 is 3.25 bits per heavy atom. The van der Waals surface area contributed by atoms with Gasteiger partial charge in [0, 0.05) is 6.07 Å². The maximum atomic E-state index is 9.50. The molecule has 0 aliphatic heterocycles. The van der Waals surface area contributed by atoms with E-state index in [0.29, 0.717) is 0 Å². The Morgan fingerprint density at radius 1 is 1.88 bits per heavy atom. The van der Waals surface area contributed by atoms with Crippen molar-refractivity contribution >= 4 is 11.9 Å². The highest BCUT2D eigenvalue weighted by Gasteiger charge is 1.86. The van der Waals surface area contributed by atoms with E-state index in [0.717, 1.165) is 0 Å². The molecule has 1 aromatic rings. The number of isocyanates is 1. The second-order valence-electron chi connectivity index (χ2n) is 1.06. The van der Waals surface area contributed by atoms with E-state index in [1.165, 1.54) is 18.4 Å². The van der Waals surface area contributed by atoms with E-state index in [1.807, 2.05) is 0 Å². The minimum atomic E-state index is 0.250. The van der Waals surface area contributed by atoms with E-state index in [9.17, 15) is 4.79 Å². The lowest BCUT2D eigenvalue weighted by Crippen LogP contribution is -1.55. The first-order valence-electron chi connectivity index (χ1n) is 1.92. The molecule has 40 valence electrons. The zero-order valence-corrected chi connectivity index (χ0v) is 3.87. The third kappa shape index (κ3) is 0.802. The Labute approximate surface area is 44.8 Å². The molecule has 0 radical (unpaired) electrons. The molecule has 4 nitrogen and oxygen atoms in total. The summed E-state index contributed by atoms with van der Waals surface area (Å²) in [6.07, 6.45) is 2.65. The highest BCUT2D eigenvalue weighted by atomic mass is 16.5. The lowest BCUT2D eigenvalue weighted by molar-refractivity contribution is 0.421. The largest absolute Gasteiger partial charge is 0.363 e. The third-order valence-corrected chi connectivity index (χ3v) is 0.584. The Morgan fingerprint density at radius 2 is 2.75 bits per heavy atom. The van der Waals surface area contributed by atoms with Crippen molar-refractivity contribution in [3.63, 3.8) is 0 Å². The molecule has 4 heteroatoms. The van der Waals surface area contributed by atoms with Crippen LogP contribution in [0.2, 0.25) is 0 Å². The zero-order valence-electron chi connectivity index (χ0n) is 3.87. The molecule has 0 amide bonds. The lowest BCUT2D eigenvalue weighted by Gasteiger charge is -1.65. The van der Waals surface area contributed by atoms with Gasteiger partial charge in [-0.25, -0.2) is 4.79 Å². The molecule has 8 heavy (non-hydrogen) atoms. The molecule has 0 atom stereocenters. The molecule has 0 unspecified atom stereocenters. The monoisotopic (exact) mass is 110 g/mol. The predicted molar refractivity (Wildman–Crippen MR) is 24.3 cm³/mol. The molecule has 0 aliphatic carbocycles. The van der Waals surface area contributed by atoms with Gasteiger partial charge in [0.1, 0.15) is 6.26 Å². The molecule has 1 rings (SSSR count). The number of carbonyl (C=O) groups excluding carboxylic acids is 1. The predicted octanol–water partition coefficient (Wildman–Crippen LogP) is 0.642. The van der Waals surface area contributed by atoms with E-state index in [2.05, 4.69) is 14.7 Å². The average Bonchev–Trinajstić information content (AvgIpc) is 2.19. The Bertz CT molecular complexity index is 198. The first kappa shape index (κ1) is 4.74. The van der Waals surface area contributed by atoms with Crippen LogP contribution in [0.5, 0.6) is 0 Å². The SMILES string of the molecule is O=C=Nc1ccon1. The van der Waals surface area contributed by atoms with Gasteiger partial charge in [-0.15, -0.1) is 4.99 Å². The van der Waals surface area contributed by atoms with Crippen LogP contribution in [0.4, 0.5) is 5.82 Å². The Balaban J connectivity index is 2.93. The van der Waals surface area contributed by atoms with Crippen LogP contribution in [0.3, 0.4) is 0 Å². The molecule has 1 heterocycles. The van der Waals surface area contributed by atoms with Crippen LogP contribution in [0.15, 0.2) is 21.8 Å². The van der Waals surface area contributed by atoms with Crippen molar-refractivity contribution in [1.82, 2.24) is 5.16 Å². The second-order valence-corrected chi connectivity index (χ2v) is 1.06. The molecule has 0 spiro atoms. The summed E-state index contributed by atoms with van der Waals surface area (Å²) in [5.74, 6) is 0.250. The maximum Gasteiger partial charge on any atom is 0.242 e. The standard InChI is InChI=1S/C4H2N2O2/c7-3-5-4-1-2-8-6-4/h1-2H. The summed E-state index contributed by atoms with van der Waals surface area (Å²) in [5, 5.41) is 3.30. The van der Waals surface area contributed by atoms with E-state index in [-0.39, 0.29) is 5.82 Å². The maximum absolute atomic E-state index is 9.50. The molecule has 0 bridgehead atoms. The molecule has 0 saturated carbocycles. The minimum Gasteiger partial charge on any atom is -0.363 e. The van der Waals surface area contributed by atoms with Crippen LogP contribution in [-0.2, 0) is 4.79 Å². The smallest absolute Gasteiger partial charge is 0.242 e. The van der Waals surface area contributed by atoms with Gasteiger partial charge in [0.25, 0.3) is 0 Å². The summed E-state index contributed by atoms with van der Waals surface area (Å²) in [6, 6.07) is 1.46. The molecular formula is C4H2N2O2. The van der Waals surface area contributed by atoms with Gasteiger partial charge >= 0.3 is 0 Å². The van der Waals surface area contributed by atoms with Crippen molar-refractivity contribution in [2.24, 2.45) is 4.99 Å². The lowest BCUT2D eigenvalue weighted by atomic mass is 10.7. The number of hydrogen-bond acceptors (Lipinski definition) is 4. The van der Waals surface area contributed by atoms with Gasteiger partial charge < -0.3 is 4.52 Å². The summed E-state index contributed by atoms with van der Waals surface area (Å²) in [4.78, 5) is 12.7. The fourth-order valence-corrected chi connectivity index (χ4v) is 0.311. The fourth-order valence-electron chi connectivity index (χ4n) is 0.311. The van der Waals surface area contributed by atoms with Crippen LogP contribution < -0.4 is 0 Å². The normalized spacial score (nSPS) is 8.00. The Hall–Kier alpha value is -1.41.